The summed E-state index contributed by atoms with van der Waals surface area (Å²) in [4.78, 5) is 14.3. The molecule has 5 heteroatoms. The highest BCUT2D eigenvalue weighted by molar-refractivity contribution is 7.11. The van der Waals surface area contributed by atoms with Crippen LogP contribution in [0.5, 0.6) is 11.5 Å². The van der Waals surface area contributed by atoms with Crippen molar-refractivity contribution in [3.63, 3.8) is 0 Å². The number of carbonyl (C=O) groups excluding carboxylic acids is 1. The minimum absolute atomic E-state index is 0.134. The van der Waals surface area contributed by atoms with Crippen LogP contribution in [0.25, 0.3) is 0 Å². The molecule has 1 heterocycles. The molecule has 0 aliphatic carbocycles. The van der Waals surface area contributed by atoms with Crippen LogP contribution >= 0.6 is 11.3 Å². The average molecular weight is 277 g/mol. The third-order valence-corrected chi connectivity index (χ3v) is 3.68. The van der Waals surface area contributed by atoms with E-state index in [0.717, 1.165) is 4.88 Å². The molecule has 19 heavy (non-hydrogen) atoms. The van der Waals surface area contributed by atoms with Crippen LogP contribution < -0.4 is 10.1 Å². The third-order valence-electron chi connectivity index (χ3n) is 2.68. The van der Waals surface area contributed by atoms with Gasteiger partial charge in [-0.25, -0.2) is 0 Å². The number of para-hydroxylation sites is 1. The van der Waals surface area contributed by atoms with Gasteiger partial charge < -0.3 is 15.2 Å². The summed E-state index contributed by atoms with van der Waals surface area (Å²) in [6, 6.07) is 8.82. The van der Waals surface area contributed by atoms with Gasteiger partial charge in [0, 0.05) is 9.75 Å². The highest BCUT2D eigenvalue weighted by atomic mass is 32.1. The van der Waals surface area contributed by atoms with E-state index in [0.29, 0.717) is 12.3 Å². The van der Waals surface area contributed by atoms with Gasteiger partial charge in [-0.05, 0) is 31.2 Å². The number of thiophene rings is 1. The number of phenols is 1. The van der Waals surface area contributed by atoms with Gasteiger partial charge in [0.05, 0.1) is 19.2 Å². The first-order valence-electron chi connectivity index (χ1n) is 5.81. The first-order chi connectivity index (χ1) is 9.11. The molecule has 100 valence electrons. The highest BCUT2D eigenvalue weighted by Crippen LogP contribution is 2.29. The first kappa shape index (κ1) is 13.4. The second kappa shape index (κ2) is 5.75. The van der Waals surface area contributed by atoms with Gasteiger partial charge in [-0.2, -0.15) is 0 Å². The van der Waals surface area contributed by atoms with Crippen molar-refractivity contribution < 1.29 is 14.6 Å². The molecule has 1 aromatic heterocycles. The molecule has 0 aliphatic rings. The van der Waals surface area contributed by atoms with Gasteiger partial charge in [-0.1, -0.05) is 6.07 Å². The number of ether oxygens (including phenoxy) is 1. The Kier molecular flexibility index (Phi) is 4.06. The number of hydrogen-bond donors (Lipinski definition) is 2. The van der Waals surface area contributed by atoms with Crippen molar-refractivity contribution in [2.24, 2.45) is 0 Å². The molecule has 0 saturated carbocycles. The normalized spacial score (nSPS) is 10.2. The Morgan fingerprint density at radius 2 is 2.16 bits per heavy atom. The smallest absolute Gasteiger partial charge is 0.255 e. The van der Waals surface area contributed by atoms with Crippen molar-refractivity contribution in [3.05, 3.63) is 45.6 Å². The molecule has 0 radical (unpaired) electrons. The number of benzene rings is 1. The van der Waals surface area contributed by atoms with Gasteiger partial charge in [0.15, 0.2) is 11.5 Å². The lowest BCUT2D eigenvalue weighted by atomic mass is 10.1. The largest absolute Gasteiger partial charge is 0.504 e. The van der Waals surface area contributed by atoms with Crippen LogP contribution in [0.4, 0.5) is 0 Å². The van der Waals surface area contributed by atoms with Crippen molar-refractivity contribution in [1.29, 1.82) is 0 Å². The summed E-state index contributed by atoms with van der Waals surface area (Å²) in [5.41, 5.74) is 0.215. The maximum absolute atomic E-state index is 12.0. The third kappa shape index (κ3) is 3.06. The topological polar surface area (TPSA) is 58.6 Å². The molecule has 4 nitrogen and oxygen atoms in total. The van der Waals surface area contributed by atoms with Crippen LogP contribution in [-0.4, -0.2) is 18.1 Å². The van der Waals surface area contributed by atoms with Gasteiger partial charge in [-0.3, -0.25) is 4.79 Å². The molecule has 2 N–H and O–H groups in total. The summed E-state index contributed by atoms with van der Waals surface area (Å²) in [7, 11) is 1.45. The number of phenolic OH excluding ortho intramolecular Hbond substituents is 1. The van der Waals surface area contributed by atoms with Crippen molar-refractivity contribution in [1.82, 2.24) is 5.32 Å². The monoisotopic (exact) mass is 277 g/mol. The predicted octanol–water partition coefficient (Wildman–Crippen LogP) is 2.70. The molecule has 0 saturated heterocycles. The number of aromatic hydroxyl groups is 1. The Morgan fingerprint density at radius 3 is 2.79 bits per heavy atom. The first-order valence-corrected chi connectivity index (χ1v) is 6.63. The molecule has 1 amide bonds. The van der Waals surface area contributed by atoms with Crippen LogP contribution in [0, 0.1) is 6.92 Å². The summed E-state index contributed by atoms with van der Waals surface area (Å²) in [5, 5.41) is 12.7. The Morgan fingerprint density at radius 1 is 1.37 bits per heavy atom. The maximum Gasteiger partial charge on any atom is 0.255 e. The van der Waals surface area contributed by atoms with Gasteiger partial charge in [0.25, 0.3) is 5.91 Å². The van der Waals surface area contributed by atoms with Crippen LogP contribution in [0.1, 0.15) is 20.1 Å². The fourth-order valence-corrected chi connectivity index (χ4v) is 2.54. The summed E-state index contributed by atoms with van der Waals surface area (Å²) in [5.74, 6) is -0.160. The zero-order valence-electron chi connectivity index (χ0n) is 10.8. The predicted molar refractivity (Wildman–Crippen MR) is 74.9 cm³/mol. The molecule has 0 aliphatic heterocycles. The van der Waals surface area contributed by atoms with Crippen LogP contribution in [0.3, 0.4) is 0 Å². The number of hydrogen-bond acceptors (Lipinski definition) is 4. The van der Waals surface area contributed by atoms with E-state index in [1.807, 2.05) is 19.1 Å². The highest BCUT2D eigenvalue weighted by Gasteiger charge is 2.14. The van der Waals surface area contributed by atoms with E-state index < -0.39 is 0 Å². The van der Waals surface area contributed by atoms with Crippen LogP contribution in [0.2, 0.25) is 0 Å². The lowest BCUT2D eigenvalue weighted by molar-refractivity contribution is 0.0948. The Labute approximate surface area is 115 Å². The molecule has 2 rings (SSSR count). The van der Waals surface area contributed by atoms with E-state index in [1.165, 1.54) is 12.0 Å². The van der Waals surface area contributed by atoms with Gasteiger partial charge >= 0.3 is 0 Å². The number of carbonyl (C=O) groups is 1. The van der Waals surface area contributed by atoms with E-state index in [2.05, 4.69) is 5.32 Å². The quantitative estimate of drug-likeness (QED) is 0.903. The summed E-state index contributed by atoms with van der Waals surface area (Å²) in [6.45, 7) is 2.47. The van der Waals surface area contributed by atoms with Crippen molar-refractivity contribution >= 4 is 17.2 Å². The number of nitrogens with one attached hydrogen (secondary N) is 1. The molecular formula is C14H15NO3S. The van der Waals surface area contributed by atoms with E-state index in [4.69, 9.17) is 4.74 Å². The number of amides is 1. The Balaban J connectivity index is 2.08. The molecule has 1 aromatic carbocycles. The lowest BCUT2D eigenvalue weighted by Crippen LogP contribution is -2.22. The molecule has 0 atom stereocenters. The average Bonchev–Trinajstić information content (AvgIpc) is 2.82. The van der Waals surface area contributed by atoms with Gasteiger partial charge in [0.2, 0.25) is 0 Å². The zero-order valence-corrected chi connectivity index (χ0v) is 11.6. The molecule has 0 fully saturated rings. The minimum Gasteiger partial charge on any atom is -0.504 e. The fraction of sp³-hybridized carbons (Fsp3) is 0.214. The molecular weight excluding hydrogens is 262 g/mol. The van der Waals surface area contributed by atoms with E-state index >= 15 is 0 Å². The maximum atomic E-state index is 12.0. The molecule has 0 unspecified atom stereocenters. The standard InChI is InChI=1S/C14H15NO3S/c1-9-6-7-10(19-9)8-15-14(17)11-4-3-5-12(18-2)13(11)16/h3-7,16H,8H2,1-2H3,(H,15,17). The Bertz CT molecular complexity index is 592. The second-order valence-corrected chi connectivity index (χ2v) is 5.42. The van der Waals surface area contributed by atoms with Gasteiger partial charge in [0.1, 0.15) is 0 Å². The SMILES string of the molecule is COc1cccc(C(=O)NCc2ccc(C)s2)c1O. The minimum atomic E-state index is -0.317. The number of methoxy groups -OCH3 is 1. The summed E-state index contributed by atoms with van der Waals surface area (Å²) >= 11 is 1.63. The summed E-state index contributed by atoms with van der Waals surface area (Å²) < 4.78 is 4.97. The van der Waals surface area contributed by atoms with Crippen molar-refractivity contribution in [2.45, 2.75) is 13.5 Å². The fourth-order valence-electron chi connectivity index (χ4n) is 1.71. The van der Waals surface area contributed by atoms with E-state index in [-0.39, 0.29) is 17.2 Å². The van der Waals surface area contributed by atoms with Crippen LogP contribution in [0.15, 0.2) is 30.3 Å². The van der Waals surface area contributed by atoms with Gasteiger partial charge in [-0.15, -0.1) is 11.3 Å². The Hall–Kier alpha value is -2.01. The molecule has 0 bridgehead atoms. The summed E-state index contributed by atoms with van der Waals surface area (Å²) in [6.07, 6.45) is 0. The van der Waals surface area contributed by atoms with Crippen LogP contribution in [-0.2, 0) is 6.54 Å². The molecule has 2 aromatic rings. The number of aryl methyl sites for hydroxylation is 1. The zero-order chi connectivity index (χ0) is 13.8. The van der Waals surface area contributed by atoms with E-state index in [9.17, 15) is 9.90 Å². The lowest BCUT2D eigenvalue weighted by Gasteiger charge is -2.08. The second-order valence-electron chi connectivity index (χ2n) is 4.05. The number of rotatable bonds is 4. The van der Waals surface area contributed by atoms with E-state index in [1.54, 1.807) is 29.5 Å². The molecule has 0 spiro atoms. The van der Waals surface area contributed by atoms with Crippen molar-refractivity contribution in [3.8, 4) is 11.5 Å². The van der Waals surface area contributed by atoms with Crippen molar-refractivity contribution in [2.75, 3.05) is 7.11 Å².